The molecule has 2 aromatic carbocycles. The summed E-state index contributed by atoms with van der Waals surface area (Å²) >= 11 is 0. The van der Waals surface area contributed by atoms with Crippen molar-refractivity contribution in [3.63, 3.8) is 0 Å². The molecule has 6 heteroatoms. The number of aliphatic carboxylic acids is 1. The Morgan fingerprint density at radius 3 is 2.32 bits per heavy atom. The second kappa shape index (κ2) is 10.2. The highest BCUT2D eigenvalue weighted by atomic mass is 16.5. The molecule has 0 aliphatic carbocycles. The summed E-state index contributed by atoms with van der Waals surface area (Å²) in [5.74, 6) is 0.632. The molecule has 0 aromatic heterocycles. The Bertz CT molecular complexity index is 825. The third kappa shape index (κ3) is 6.20. The van der Waals surface area contributed by atoms with E-state index in [0.29, 0.717) is 47.4 Å². The highest BCUT2D eigenvalue weighted by Gasteiger charge is 2.21. The van der Waals surface area contributed by atoms with Crippen LogP contribution in [0.3, 0.4) is 0 Å². The summed E-state index contributed by atoms with van der Waals surface area (Å²) in [5, 5.41) is 21.7. The first-order valence-corrected chi connectivity index (χ1v) is 9.33. The lowest BCUT2D eigenvalue weighted by atomic mass is 10.1. The molecule has 0 saturated carbocycles. The lowest BCUT2D eigenvalue weighted by Gasteiger charge is -2.19. The number of carboxylic acids is 1. The van der Waals surface area contributed by atoms with Crippen LogP contribution >= 0.6 is 0 Å². The van der Waals surface area contributed by atoms with Gasteiger partial charge >= 0.3 is 5.97 Å². The fraction of sp³-hybridized carbons (Fsp3) is 0.364. The van der Waals surface area contributed by atoms with Crippen LogP contribution in [0.4, 0.5) is 5.69 Å². The van der Waals surface area contributed by atoms with Crippen molar-refractivity contribution in [2.75, 3.05) is 18.5 Å². The normalized spacial score (nSPS) is 11.5. The van der Waals surface area contributed by atoms with E-state index in [1.807, 2.05) is 13.0 Å². The number of anilines is 1. The first-order valence-electron chi connectivity index (χ1n) is 9.33. The number of carbonyl (C=O) groups is 1. The van der Waals surface area contributed by atoms with E-state index < -0.39 is 12.0 Å². The molecular weight excluding hydrogens is 356 g/mol. The van der Waals surface area contributed by atoms with Crippen molar-refractivity contribution >= 4 is 11.7 Å². The third-order valence-corrected chi connectivity index (χ3v) is 4.08. The van der Waals surface area contributed by atoms with E-state index in [-0.39, 0.29) is 0 Å². The van der Waals surface area contributed by atoms with Gasteiger partial charge < -0.3 is 19.9 Å². The fourth-order valence-corrected chi connectivity index (χ4v) is 2.60. The highest BCUT2D eigenvalue weighted by Crippen LogP contribution is 2.29. The molecule has 0 aliphatic heterocycles. The smallest absolute Gasteiger partial charge is 0.330 e. The largest absolute Gasteiger partial charge is 0.494 e. The molecule has 0 heterocycles. The summed E-state index contributed by atoms with van der Waals surface area (Å²) in [5.41, 5.74) is 1.65. The summed E-state index contributed by atoms with van der Waals surface area (Å²) in [6, 6.07) is 12.9. The Morgan fingerprint density at radius 1 is 1.14 bits per heavy atom. The quantitative estimate of drug-likeness (QED) is 0.623. The van der Waals surface area contributed by atoms with Crippen LogP contribution in [-0.2, 0) is 4.79 Å². The van der Waals surface area contributed by atoms with Crippen molar-refractivity contribution in [3.05, 3.63) is 53.6 Å². The molecule has 148 valence electrons. The number of nitrogens with zero attached hydrogens (tertiary/aromatic N) is 1. The topological polar surface area (TPSA) is 91.6 Å². The van der Waals surface area contributed by atoms with Crippen LogP contribution in [-0.4, -0.2) is 24.3 Å². The standard InChI is InChI=1S/C22H26N2O4/c1-4-27-19-11-17(12-20(13-19)28-10-9-15(2)3)21(22(25)26)24-18-7-5-16(14-23)6-8-18/h5-8,11-13,15,21,24H,4,9-10H2,1-3H3,(H,25,26)/t21-/m1/s1. The number of carboxylic acid groups (broad SMARTS) is 1. The molecule has 0 unspecified atom stereocenters. The molecule has 0 aliphatic rings. The predicted octanol–water partition coefficient (Wildman–Crippen LogP) is 4.62. The molecule has 0 fully saturated rings. The maximum absolute atomic E-state index is 11.9. The fourth-order valence-electron chi connectivity index (χ4n) is 2.60. The third-order valence-electron chi connectivity index (χ3n) is 4.08. The summed E-state index contributed by atoms with van der Waals surface area (Å²) < 4.78 is 11.4. The maximum Gasteiger partial charge on any atom is 0.330 e. The van der Waals surface area contributed by atoms with Crippen LogP contribution in [0.5, 0.6) is 11.5 Å². The van der Waals surface area contributed by atoms with Gasteiger partial charge in [0.05, 0.1) is 24.8 Å². The number of rotatable bonds is 10. The maximum atomic E-state index is 11.9. The lowest BCUT2D eigenvalue weighted by Crippen LogP contribution is -2.20. The minimum atomic E-state index is -1.02. The highest BCUT2D eigenvalue weighted by molar-refractivity contribution is 5.79. The zero-order chi connectivity index (χ0) is 20.5. The van der Waals surface area contributed by atoms with Crippen molar-refractivity contribution in [3.8, 4) is 17.6 Å². The van der Waals surface area contributed by atoms with Gasteiger partial charge in [-0.25, -0.2) is 4.79 Å². The van der Waals surface area contributed by atoms with E-state index in [9.17, 15) is 9.90 Å². The zero-order valence-corrected chi connectivity index (χ0v) is 16.4. The molecule has 2 N–H and O–H groups in total. The van der Waals surface area contributed by atoms with E-state index in [2.05, 4.69) is 19.2 Å². The molecule has 0 amide bonds. The second-order valence-corrected chi connectivity index (χ2v) is 6.81. The van der Waals surface area contributed by atoms with Crippen molar-refractivity contribution in [2.45, 2.75) is 33.2 Å². The summed E-state index contributed by atoms with van der Waals surface area (Å²) in [6.07, 6.45) is 0.903. The minimum Gasteiger partial charge on any atom is -0.494 e. The Kier molecular flexibility index (Phi) is 7.70. The molecule has 0 spiro atoms. The van der Waals surface area contributed by atoms with Crippen LogP contribution in [0, 0.1) is 17.2 Å². The van der Waals surface area contributed by atoms with Gasteiger partial charge in [0.15, 0.2) is 6.04 Å². The van der Waals surface area contributed by atoms with Gasteiger partial charge in [-0.15, -0.1) is 0 Å². The van der Waals surface area contributed by atoms with Crippen molar-refractivity contribution in [1.29, 1.82) is 5.26 Å². The van der Waals surface area contributed by atoms with Gasteiger partial charge in [-0.3, -0.25) is 0 Å². The average Bonchev–Trinajstić information content (AvgIpc) is 2.66. The van der Waals surface area contributed by atoms with E-state index in [0.717, 1.165) is 6.42 Å². The summed E-state index contributed by atoms with van der Waals surface area (Å²) in [7, 11) is 0. The predicted molar refractivity (Wildman–Crippen MR) is 108 cm³/mol. The Labute approximate surface area is 165 Å². The number of hydrogen-bond donors (Lipinski definition) is 2. The number of hydrogen-bond acceptors (Lipinski definition) is 5. The zero-order valence-electron chi connectivity index (χ0n) is 16.4. The van der Waals surface area contributed by atoms with Gasteiger partial charge in [-0.2, -0.15) is 5.26 Å². The van der Waals surface area contributed by atoms with Crippen molar-refractivity contribution in [2.24, 2.45) is 5.92 Å². The van der Waals surface area contributed by atoms with Gasteiger partial charge in [0.1, 0.15) is 11.5 Å². The first-order chi connectivity index (χ1) is 13.4. The van der Waals surface area contributed by atoms with Crippen LogP contribution in [0.2, 0.25) is 0 Å². The number of ether oxygens (including phenoxy) is 2. The molecule has 6 nitrogen and oxygen atoms in total. The van der Waals surface area contributed by atoms with E-state index in [1.54, 1.807) is 42.5 Å². The van der Waals surface area contributed by atoms with Gasteiger partial charge in [0.25, 0.3) is 0 Å². The van der Waals surface area contributed by atoms with E-state index in [1.165, 1.54) is 0 Å². The molecule has 0 radical (unpaired) electrons. The molecule has 28 heavy (non-hydrogen) atoms. The van der Waals surface area contributed by atoms with E-state index >= 15 is 0 Å². The Balaban J connectivity index is 2.28. The van der Waals surface area contributed by atoms with Crippen LogP contribution in [0.1, 0.15) is 44.4 Å². The molecule has 2 aromatic rings. The number of nitrogens with one attached hydrogen (secondary N) is 1. The lowest BCUT2D eigenvalue weighted by molar-refractivity contribution is -0.138. The summed E-state index contributed by atoms with van der Waals surface area (Å²) in [6.45, 7) is 7.12. The van der Waals surface area contributed by atoms with Gasteiger partial charge in [-0.05, 0) is 61.2 Å². The Morgan fingerprint density at radius 2 is 1.79 bits per heavy atom. The molecule has 0 bridgehead atoms. The molecule has 2 rings (SSSR count). The summed E-state index contributed by atoms with van der Waals surface area (Å²) in [4.78, 5) is 11.9. The van der Waals surface area contributed by atoms with Gasteiger partial charge in [-0.1, -0.05) is 13.8 Å². The number of benzene rings is 2. The monoisotopic (exact) mass is 382 g/mol. The van der Waals surface area contributed by atoms with Gasteiger partial charge in [0, 0.05) is 11.8 Å². The van der Waals surface area contributed by atoms with Crippen molar-refractivity contribution < 1.29 is 19.4 Å². The Hall–Kier alpha value is -3.20. The SMILES string of the molecule is CCOc1cc(OCCC(C)C)cc([C@@H](Nc2ccc(C#N)cc2)C(=O)O)c1. The van der Waals surface area contributed by atoms with Crippen LogP contribution in [0.15, 0.2) is 42.5 Å². The van der Waals surface area contributed by atoms with Crippen LogP contribution < -0.4 is 14.8 Å². The molecule has 1 atom stereocenters. The second-order valence-electron chi connectivity index (χ2n) is 6.81. The molecular formula is C22H26N2O4. The van der Waals surface area contributed by atoms with E-state index in [4.69, 9.17) is 14.7 Å². The first kappa shape index (κ1) is 21.1. The van der Waals surface area contributed by atoms with Crippen molar-refractivity contribution in [1.82, 2.24) is 0 Å². The molecule has 0 saturated heterocycles. The number of nitriles is 1. The van der Waals surface area contributed by atoms with Gasteiger partial charge in [0.2, 0.25) is 0 Å². The van der Waals surface area contributed by atoms with Crippen LogP contribution in [0.25, 0.3) is 0 Å². The minimum absolute atomic E-state index is 0.468. The average molecular weight is 382 g/mol.